The highest BCUT2D eigenvalue weighted by atomic mass is 35.5. The molecule has 1 fully saturated rings. The van der Waals surface area contributed by atoms with Crippen molar-refractivity contribution in [3.05, 3.63) is 47.7 Å². The minimum atomic E-state index is -0.163. The lowest BCUT2D eigenvalue weighted by atomic mass is 10.2. The van der Waals surface area contributed by atoms with Crippen LogP contribution < -0.4 is 10.2 Å². The monoisotopic (exact) mass is 458 g/mol. The average molecular weight is 459 g/mol. The van der Waals surface area contributed by atoms with Crippen molar-refractivity contribution in [3.8, 4) is 11.5 Å². The van der Waals surface area contributed by atoms with E-state index in [0.29, 0.717) is 21.8 Å². The number of carbonyl (C=O) groups is 1. The third kappa shape index (κ3) is 5.55. The Bertz CT molecular complexity index is 1020. The predicted molar refractivity (Wildman–Crippen MR) is 123 cm³/mol. The SMILES string of the molecule is CCN1CCN(c2ccc(Cl)cc2NC(=O)CSc2nnc(-c3ccncc3)o2)CC1. The molecule has 1 saturated heterocycles. The fourth-order valence-corrected chi connectivity index (χ4v) is 4.12. The second-order valence-corrected chi connectivity index (χ2v) is 8.39. The Labute approximate surface area is 190 Å². The van der Waals surface area contributed by atoms with Crippen LogP contribution in [0.5, 0.6) is 0 Å². The fraction of sp³-hybridized carbons (Fsp3) is 0.333. The van der Waals surface area contributed by atoms with E-state index in [2.05, 4.69) is 37.2 Å². The number of aromatic nitrogens is 3. The van der Waals surface area contributed by atoms with Crippen LogP contribution in [0, 0.1) is 0 Å². The first-order valence-corrected chi connectivity index (χ1v) is 11.4. The normalized spacial score (nSPS) is 14.6. The molecule has 2 aromatic heterocycles. The molecule has 0 atom stereocenters. The zero-order chi connectivity index (χ0) is 21.6. The van der Waals surface area contributed by atoms with Crippen molar-refractivity contribution in [2.75, 3.05) is 48.7 Å². The summed E-state index contributed by atoms with van der Waals surface area (Å²) in [6, 6.07) is 9.18. The first-order chi connectivity index (χ1) is 15.1. The van der Waals surface area contributed by atoms with Crippen molar-refractivity contribution in [3.63, 3.8) is 0 Å². The number of likely N-dealkylation sites (N-methyl/N-ethyl adjacent to an activating group) is 1. The molecule has 1 aliphatic rings. The molecule has 31 heavy (non-hydrogen) atoms. The fourth-order valence-electron chi connectivity index (χ4n) is 3.38. The minimum absolute atomic E-state index is 0.146. The number of pyridine rings is 1. The molecule has 0 radical (unpaired) electrons. The van der Waals surface area contributed by atoms with Gasteiger partial charge in [-0.2, -0.15) is 0 Å². The van der Waals surface area contributed by atoms with Crippen molar-refractivity contribution >= 4 is 40.6 Å². The van der Waals surface area contributed by atoms with Crippen molar-refractivity contribution in [1.82, 2.24) is 20.1 Å². The van der Waals surface area contributed by atoms with E-state index in [-0.39, 0.29) is 11.7 Å². The van der Waals surface area contributed by atoms with Gasteiger partial charge in [-0.25, -0.2) is 0 Å². The zero-order valence-corrected chi connectivity index (χ0v) is 18.7. The molecule has 4 rings (SSSR count). The number of hydrogen-bond acceptors (Lipinski definition) is 8. The highest BCUT2D eigenvalue weighted by Gasteiger charge is 2.20. The van der Waals surface area contributed by atoms with Crippen LogP contribution in [-0.4, -0.2) is 64.5 Å². The molecule has 0 spiro atoms. The van der Waals surface area contributed by atoms with Crippen LogP contribution in [0.2, 0.25) is 5.02 Å². The first-order valence-electron chi connectivity index (χ1n) is 10.1. The zero-order valence-electron chi connectivity index (χ0n) is 17.1. The summed E-state index contributed by atoms with van der Waals surface area (Å²) < 4.78 is 5.63. The molecular formula is C21H23ClN6O2S. The number of amides is 1. The lowest BCUT2D eigenvalue weighted by Gasteiger charge is -2.36. The highest BCUT2D eigenvalue weighted by molar-refractivity contribution is 7.99. The third-order valence-electron chi connectivity index (χ3n) is 5.05. The van der Waals surface area contributed by atoms with Crippen LogP contribution in [0.25, 0.3) is 11.5 Å². The van der Waals surface area contributed by atoms with E-state index in [1.165, 1.54) is 11.8 Å². The summed E-state index contributed by atoms with van der Waals surface area (Å²) in [6.45, 7) is 7.04. The van der Waals surface area contributed by atoms with E-state index in [1.807, 2.05) is 12.1 Å². The molecule has 1 aromatic carbocycles. The number of piperazine rings is 1. The number of benzene rings is 1. The Balaban J connectivity index is 1.38. The topological polar surface area (TPSA) is 87.4 Å². The molecule has 162 valence electrons. The molecule has 0 bridgehead atoms. The Morgan fingerprint density at radius 1 is 1.16 bits per heavy atom. The van der Waals surface area contributed by atoms with Gasteiger partial charge in [0.1, 0.15) is 0 Å². The van der Waals surface area contributed by atoms with Crippen molar-refractivity contribution in [1.29, 1.82) is 0 Å². The van der Waals surface area contributed by atoms with E-state index >= 15 is 0 Å². The first kappa shape index (κ1) is 21.6. The summed E-state index contributed by atoms with van der Waals surface area (Å²) in [4.78, 5) is 21.3. The average Bonchev–Trinajstić information content (AvgIpc) is 3.28. The lowest BCUT2D eigenvalue weighted by molar-refractivity contribution is -0.113. The van der Waals surface area contributed by atoms with Gasteiger partial charge in [-0.05, 0) is 36.9 Å². The van der Waals surface area contributed by atoms with Crippen LogP contribution in [0.15, 0.2) is 52.4 Å². The summed E-state index contributed by atoms with van der Waals surface area (Å²) in [5, 5.41) is 11.9. The number of halogens is 1. The molecule has 1 aliphatic heterocycles. The summed E-state index contributed by atoms with van der Waals surface area (Å²) in [5.41, 5.74) is 2.48. The van der Waals surface area contributed by atoms with E-state index in [9.17, 15) is 4.79 Å². The molecule has 3 aromatic rings. The molecule has 0 saturated carbocycles. The van der Waals surface area contributed by atoms with Crippen LogP contribution in [0.1, 0.15) is 6.92 Å². The molecular weight excluding hydrogens is 436 g/mol. The predicted octanol–water partition coefficient (Wildman–Crippen LogP) is 3.66. The quantitative estimate of drug-likeness (QED) is 0.537. The number of carbonyl (C=O) groups excluding carboxylic acids is 1. The van der Waals surface area contributed by atoms with Gasteiger partial charge in [-0.3, -0.25) is 9.78 Å². The van der Waals surface area contributed by atoms with Gasteiger partial charge in [0, 0.05) is 49.2 Å². The lowest BCUT2D eigenvalue weighted by Crippen LogP contribution is -2.46. The second-order valence-electron chi connectivity index (χ2n) is 7.03. The van der Waals surface area contributed by atoms with Gasteiger partial charge in [0.25, 0.3) is 5.22 Å². The standard InChI is InChI=1S/C21H23ClN6O2S/c1-2-27-9-11-28(12-10-27)18-4-3-16(22)13-17(18)24-19(29)14-31-21-26-25-20(30-21)15-5-7-23-8-6-15/h3-8,13H,2,9-12,14H2,1H3,(H,24,29). The number of thioether (sulfide) groups is 1. The van der Waals surface area contributed by atoms with E-state index in [1.54, 1.807) is 30.6 Å². The Morgan fingerprint density at radius 2 is 1.94 bits per heavy atom. The minimum Gasteiger partial charge on any atom is -0.411 e. The smallest absolute Gasteiger partial charge is 0.277 e. The van der Waals surface area contributed by atoms with Crippen molar-refractivity contribution in [2.45, 2.75) is 12.1 Å². The Morgan fingerprint density at radius 3 is 2.68 bits per heavy atom. The van der Waals surface area contributed by atoms with Gasteiger partial charge < -0.3 is 19.5 Å². The van der Waals surface area contributed by atoms with Crippen molar-refractivity contribution in [2.24, 2.45) is 0 Å². The van der Waals surface area contributed by atoms with E-state index < -0.39 is 0 Å². The van der Waals surface area contributed by atoms with Crippen LogP contribution in [-0.2, 0) is 4.79 Å². The maximum atomic E-state index is 12.6. The van der Waals surface area contributed by atoms with E-state index in [4.69, 9.17) is 16.0 Å². The van der Waals surface area contributed by atoms with Gasteiger partial charge in [-0.1, -0.05) is 30.3 Å². The van der Waals surface area contributed by atoms with Crippen molar-refractivity contribution < 1.29 is 9.21 Å². The molecule has 3 heterocycles. The Kier molecular flexibility index (Phi) is 7.06. The highest BCUT2D eigenvalue weighted by Crippen LogP contribution is 2.30. The third-order valence-corrected chi connectivity index (χ3v) is 6.11. The molecule has 1 amide bonds. The molecule has 1 N–H and O–H groups in total. The second kappa shape index (κ2) is 10.1. The molecule has 8 nitrogen and oxygen atoms in total. The van der Waals surface area contributed by atoms with Gasteiger partial charge in [-0.15, -0.1) is 10.2 Å². The summed E-state index contributed by atoms with van der Waals surface area (Å²) in [7, 11) is 0. The maximum absolute atomic E-state index is 12.6. The largest absolute Gasteiger partial charge is 0.411 e. The maximum Gasteiger partial charge on any atom is 0.277 e. The summed E-state index contributed by atoms with van der Waals surface area (Å²) in [6.07, 6.45) is 3.31. The summed E-state index contributed by atoms with van der Waals surface area (Å²) >= 11 is 7.39. The summed E-state index contributed by atoms with van der Waals surface area (Å²) in [5.74, 6) is 0.381. The van der Waals surface area contributed by atoms with Gasteiger partial charge >= 0.3 is 0 Å². The number of nitrogens with zero attached hydrogens (tertiary/aromatic N) is 5. The number of hydrogen-bond donors (Lipinski definition) is 1. The van der Waals surface area contributed by atoms with Gasteiger partial charge in [0.05, 0.1) is 17.1 Å². The number of nitrogens with one attached hydrogen (secondary N) is 1. The van der Waals surface area contributed by atoms with Crippen LogP contribution in [0.4, 0.5) is 11.4 Å². The van der Waals surface area contributed by atoms with Crippen LogP contribution >= 0.6 is 23.4 Å². The molecule has 10 heteroatoms. The number of anilines is 2. The molecule has 0 aliphatic carbocycles. The number of rotatable bonds is 7. The van der Waals surface area contributed by atoms with Gasteiger partial charge in [0.2, 0.25) is 11.8 Å². The molecule has 0 unspecified atom stereocenters. The van der Waals surface area contributed by atoms with Gasteiger partial charge in [0.15, 0.2) is 0 Å². The van der Waals surface area contributed by atoms with Crippen LogP contribution in [0.3, 0.4) is 0 Å². The Hall–Kier alpha value is -2.62. The van der Waals surface area contributed by atoms with E-state index in [0.717, 1.165) is 44.0 Å².